The molecule has 16 heavy (non-hydrogen) atoms. The fraction of sp³-hybridized carbons (Fsp3) is 0.143. The minimum absolute atomic E-state index is 0.663. The molecule has 2 aromatic rings. The largest absolute Gasteiger partial charge is 0.330 e. The molecule has 0 saturated heterocycles. The van der Waals surface area contributed by atoms with Crippen molar-refractivity contribution in [2.24, 2.45) is 5.73 Å². The molecule has 0 unspecified atom stereocenters. The summed E-state index contributed by atoms with van der Waals surface area (Å²) in [5.74, 6) is 0. The standard InChI is InChI=1S/C14H14ClN/c15-14-7-6-11(8-9-16)10-13(14)12-4-2-1-3-5-12/h1-7,10H,8-9,16H2. The Morgan fingerprint density at radius 3 is 2.44 bits per heavy atom. The molecule has 2 heteroatoms. The predicted molar refractivity (Wildman–Crippen MR) is 69.6 cm³/mol. The Kier molecular flexibility index (Phi) is 3.60. The van der Waals surface area contributed by atoms with Crippen LogP contribution in [0.3, 0.4) is 0 Å². The summed E-state index contributed by atoms with van der Waals surface area (Å²) in [6.07, 6.45) is 0.886. The van der Waals surface area contributed by atoms with Gasteiger partial charge in [0.05, 0.1) is 0 Å². The van der Waals surface area contributed by atoms with Crippen LogP contribution in [0.4, 0.5) is 0 Å². The van der Waals surface area contributed by atoms with Crippen molar-refractivity contribution in [2.75, 3.05) is 6.54 Å². The summed E-state index contributed by atoms with van der Waals surface area (Å²) in [6.45, 7) is 0.663. The van der Waals surface area contributed by atoms with Crippen LogP contribution in [0.15, 0.2) is 48.5 Å². The van der Waals surface area contributed by atoms with Crippen molar-refractivity contribution in [3.05, 3.63) is 59.1 Å². The highest BCUT2D eigenvalue weighted by atomic mass is 35.5. The van der Waals surface area contributed by atoms with E-state index in [1.54, 1.807) is 0 Å². The topological polar surface area (TPSA) is 26.0 Å². The minimum Gasteiger partial charge on any atom is -0.330 e. The van der Waals surface area contributed by atoms with E-state index >= 15 is 0 Å². The molecule has 2 rings (SSSR count). The van der Waals surface area contributed by atoms with E-state index in [-0.39, 0.29) is 0 Å². The maximum atomic E-state index is 6.20. The first-order valence-electron chi connectivity index (χ1n) is 5.35. The van der Waals surface area contributed by atoms with E-state index in [0.717, 1.165) is 22.6 Å². The maximum Gasteiger partial charge on any atom is 0.0484 e. The summed E-state index contributed by atoms with van der Waals surface area (Å²) in [6, 6.07) is 16.2. The first-order valence-corrected chi connectivity index (χ1v) is 5.73. The van der Waals surface area contributed by atoms with Gasteiger partial charge in [-0.15, -0.1) is 0 Å². The van der Waals surface area contributed by atoms with Crippen molar-refractivity contribution in [3.63, 3.8) is 0 Å². The monoisotopic (exact) mass is 231 g/mol. The number of hydrogen-bond donors (Lipinski definition) is 1. The van der Waals surface area contributed by atoms with Crippen LogP contribution in [-0.2, 0) is 6.42 Å². The van der Waals surface area contributed by atoms with Crippen LogP contribution in [0, 0.1) is 0 Å². The molecule has 0 aliphatic rings. The Morgan fingerprint density at radius 1 is 1.00 bits per heavy atom. The Morgan fingerprint density at radius 2 is 1.75 bits per heavy atom. The third-order valence-electron chi connectivity index (χ3n) is 2.55. The van der Waals surface area contributed by atoms with Gasteiger partial charge < -0.3 is 5.73 Å². The second-order valence-corrected chi connectivity index (χ2v) is 4.13. The minimum atomic E-state index is 0.663. The molecule has 0 aliphatic heterocycles. The molecule has 0 bridgehead atoms. The molecule has 2 N–H and O–H groups in total. The van der Waals surface area contributed by atoms with E-state index in [2.05, 4.69) is 18.2 Å². The number of rotatable bonds is 3. The average molecular weight is 232 g/mol. The van der Waals surface area contributed by atoms with Crippen molar-refractivity contribution in [1.82, 2.24) is 0 Å². The van der Waals surface area contributed by atoms with Gasteiger partial charge in [-0.05, 0) is 36.2 Å². The Hall–Kier alpha value is -1.31. The molecular formula is C14H14ClN. The van der Waals surface area contributed by atoms with Gasteiger partial charge in [-0.3, -0.25) is 0 Å². The van der Waals surface area contributed by atoms with Crippen LogP contribution in [0.25, 0.3) is 11.1 Å². The number of nitrogens with two attached hydrogens (primary N) is 1. The first-order chi connectivity index (χ1) is 7.81. The smallest absolute Gasteiger partial charge is 0.0484 e. The molecule has 0 amide bonds. The van der Waals surface area contributed by atoms with Crippen molar-refractivity contribution < 1.29 is 0 Å². The van der Waals surface area contributed by atoms with Gasteiger partial charge in [0.15, 0.2) is 0 Å². The zero-order valence-corrected chi connectivity index (χ0v) is 9.74. The molecule has 2 aromatic carbocycles. The van der Waals surface area contributed by atoms with E-state index < -0.39 is 0 Å². The maximum absolute atomic E-state index is 6.20. The summed E-state index contributed by atoms with van der Waals surface area (Å²) in [7, 11) is 0. The summed E-state index contributed by atoms with van der Waals surface area (Å²) in [4.78, 5) is 0. The van der Waals surface area contributed by atoms with E-state index in [1.165, 1.54) is 5.56 Å². The van der Waals surface area contributed by atoms with Gasteiger partial charge in [0.2, 0.25) is 0 Å². The van der Waals surface area contributed by atoms with E-state index in [9.17, 15) is 0 Å². The van der Waals surface area contributed by atoms with Gasteiger partial charge >= 0.3 is 0 Å². The molecule has 0 heterocycles. The highest BCUT2D eigenvalue weighted by Gasteiger charge is 2.03. The third-order valence-corrected chi connectivity index (χ3v) is 2.88. The summed E-state index contributed by atoms with van der Waals surface area (Å²) in [5, 5.41) is 0.784. The lowest BCUT2D eigenvalue weighted by Crippen LogP contribution is -2.02. The van der Waals surface area contributed by atoms with Crippen LogP contribution in [-0.4, -0.2) is 6.54 Å². The van der Waals surface area contributed by atoms with Gasteiger partial charge in [0.1, 0.15) is 0 Å². The van der Waals surface area contributed by atoms with Gasteiger partial charge in [0, 0.05) is 10.6 Å². The second kappa shape index (κ2) is 5.15. The first kappa shape index (κ1) is 11.2. The molecule has 0 aromatic heterocycles. The molecule has 1 nitrogen and oxygen atoms in total. The van der Waals surface area contributed by atoms with Crippen LogP contribution in [0.2, 0.25) is 5.02 Å². The summed E-state index contributed by atoms with van der Waals surface area (Å²) >= 11 is 6.20. The number of benzene rings is 2. The Balaban J connectivity index is 2.43. The van der Waals surface area contributed by atoms with E-state index in [0.29, 0.717) is 6.54 Å². The molecular weight excluding hydrogens is 218 g/mol. The highest BCUT2D eigenvalue weighted by molar-refractivity contribution is 6.33. The molecule has 0 saturated carbocycles. The van der Waals surface area contributed by atoms with Gasteiger partial charge in [-0.2, -0.15) is 0 Å². The van der Waals surface area contributed by atoms with Gasteiger partial charge in [-0.25, -0.2) is 0 Å². The van der Waals surface area contributed by atoms with Crippen LogP contribution in [0.5, 0.6) is 0 Å². The van der Waals surface area contributed by atoms with Gasteiger partial charge in [0.25, 0.3) is 0 Å². The van der Waals surface area contributed by atoms with Gasteiger partial charge in [-0.1, -0.05) is 48.0 Å². The fourth-order valence-corrected chi connectivity index (χ4v) is 1.96. The molecule has 0 radical (unpaired) electrons. The van der Waals surface area contributed by atoms with Crippen LogP contribution in [0.1, 0.15) is 5.56 Å². The van der Waals surface area contributed by atoms with Crippen LogP contribution < -0.4 is 5.73 Å². The quantitative estimate of drug-likeness (QED) is 0.860. The van der Waals surface area contributed by atoms with Crippen molar-refractivity contribution in [1.29, 1.82) is 0 Å². The summed E-state index contributed by atoms with van der Waals surface area (Å²) in [5.41, 5.74) is 9.00. The molecule has 0 atom stereocenters. The summed E-state index contributed by atoms with van der Waals surface area (Å²) < 4.78 is 0. The lowest BCUT2D eigenvalue weighted by Gasteiger charge is -2.07. The van der Waals surface area contributed by atoms with Crippen molar-refractivity contribution >= 4 is 11.6 Å². The number of hydrogen-bond acceptors (Lipinski definition) is 1. The SMILES string of the molecule is NCCc1ccc(Cl)c(-c2ccccc2)c1. The fourth-order valence-electron chi connectivity index (χ4n) is 1.73. The molecule has 0 spiro atoms. The molecule has 0 aliphatic carbocycles. The average Bonchev–Trinajstić information content (AvgIpc) is 2.33. The van der Waals surface area contributed by atoms with E-state index in [4.69, 9.17) is 17.3 Å². The van der Waals surface area contributed by atoms with Crippen LogP contribution >= 0.6 is 11.6 Å². The van der Waals surface area contributed by atoms with Crippen molar-refractivity contribution in [2.45, 2.75) is 6.42 Å². The lowest BCUT2D eigenvalue weighted by molar-refractivity contribution is 0.969. The normalized spacial score (nSPS) is 10.4. The molecule has 82 valence electrons. The number of halogens is 1. The lowest BCUT2D eigenvalue weighted by atomic mass is 10.0. The molecule has 0 fully saturated rings. The third kappa shape index (κ3) is 2.43. The van der Waals surface area contributed by atoms with E-state index in [1.807, 2.05) is 30.3 Å². The highest BCUT2D eigenvalue weighted by Crippen LogP contribution is 2.28. The predicted octanol–water partition coefficient (Wildman–Crippen LogP) is 3.51. The van der Waals surface area contributed by atoms with Crippen molar-refractivity contribution in [3.8, 4) is 11.1 Å². The zero-order chi connectivity index (χ0) is 11.4. The Labute approximate surface area is 101 Å². The second-order valence-electron chi connectivity index (χ2n) is 3.72. The Bertz CT molecular complexity index is 465. The zero-order valence-electron chi connectivity index (χ0n) is 8.99.